The first-order valence-corrected chi connectivity index (χ1v) is 13.1. The van der Waals surface area contributed by atoms with Gasteiger partial charge in [0.2, 0.25) is 5.13 Å². The smallest absolute Gasteiger partial charge is 0.210 e. The monoisotopic (exact) mass is 500 g/mol. The van der Waals surface area contributed by atoms with E-state index in [1.54, 1.807) is 37.3 Å². The lowest BCUT2D eigenvalue weighted by Crippen LogP contribution is -2.03. The van der Waals surface area contributed by atoms with Crippen molar-refractivity contribution in [3.63, 3.8) is 0 Å². The molecular weight excluding hydrogens is 476 g/mol. The predicted molar refractivity (Wildman–Crippen MR) is 144 cm³/mol. The number of hydrogen-bond acceptors (Lipinski definition) is 7. The van der Waals surface area contributed by atoms with E-state index in [0.717, 1.165) is 49.5 Å². The van der Waals surface area contributed by atoms with Gasteiger partial charge in [0.15, 0.2) is 0 Å². The van der Waals surface area contributed by atoms with Crippen molar-refractivity contribution in [2.45, 2.75) is 11.8 Å². The Hall–Kier alpha value is -3.55. The minimum Gasteiger partial charge on any atom is -0.497 e. The number of hydrogen-bond donors (Lipinski definition) is 0. The Morgan fingerprint density at radius 2 is 1.74 bits per heavy atom. The highest BCUT2D eigenvalue weighted by molar-refractivity contribution is 7.98. The molecule has 0 N–H and O–H groups in total. The van der Waals surface area contributed by atoms with Gasteiger partial charge in [0, 0.05) is 38.4 Å². The van der Waals surface area contributed by atoms with E-state index >= 15 is 0 Å². The maximum absolute atomic E-state index is 6.24. The molecule has 0 atom stereocenters. The summed E-state index contributed by atoms with van der Waals surface area (Å²) in [7, 11) is 3.29. The molecule has 0 aliphatic carbocycles. The van der Waals surface area contributed by atoms with Crippen molar-refractivity contribution in [1.82, 2.24) is 4.98 Å². The number of benzene rings is 3. The average Bonchev–Trinajstić information content (AvgIpc) is 3.27. The summed E-state index contributed by atoms with van der Waals surface area (Å²) in [6, 6.07) is 24.0. The Kier molecular flexibility index (Phi) is 6.61. The number of thioether (sulfide) groups is 1. The minimum atomic E-state index is 0.676. The van der Waals surface area contributed by atoms with Gasteiger partial charge in [-0.05, 0) is 49.6 Å². The lowest BCUT2D eigenvalue weighted by atomic mass is 10.1. The van der Waals surface area contributed by atoms with Crippen molar-refractivity contribution in [3.8, 4) is 34.1 Å². The second kappa shape index (κ2) is 9.98. The number of thiazole rings is 1. The molecule has 5 aromatic rings. The Morgan fingerprint density at radius 1 is 0.943 bits per heavy atom. The summed E-state index contributed by atoms with van der Waals surface area (Å²) >= 11 is 3.26. The number of ether oxygens (including phenoxy) is 2. The Morgan fingerprint density at radius 3 is 2.49 bits per heavy atom. The number of aryl methyl sites for hydroxylation is 1. The molecule has 0 aliphatic rings. The van der Waals surface area contributed by atoms with Gasteiger partial charge in [0.05, 0.1) is 25.3 Å². The van der Waals surface area contributed by atoms with Gasteiger partial charge in [-0.25, -0.2) is 9.98 Å². The molecule has 0 fully saturated rings. The summed E-state index contributed by atoms with van der Waals surface area (Å²) in [5.41, 5.74) is 3.55. The lowest BCUT2D eigenvalue weighted by molar-refractivity contribution is 0.395. The maximum atomic E-state index is 6.24. The number of aromatic nitrogens is 1. The molecule has 2 aromatic heterocycles. The van der Waals surface area contributed by atoms with Crippen LogP contribution in [0.4, 0.5) is 5.13 Å². The van der Waals surface area contributed by atoms with Crippen LogP contribution in [0, 0.1) is 6.92 Å². The van der Waals surface area contributed by atoms with Crippen LogP contribution >= 0.6 is 23.1 Å². The maximum Gasteiger partial charge on any atom is 0.210 e. The van der Waals surface area contributed by atoms with E-state index in [1.807, 2.05) is 55.5 Å². The van der Waals surface area contributed by atoms with Gasteiger partial charge in [0.1, 0.15) is 22.8 Å². The SMILES string of the molecule is COc1ccc(-c2nc(N=c3cc(-c4ccc(SC)cc4)oc4ccccc34)sc2C)c(OC)c1. The highest BCUT2D eigenvalue weighted by Gasteiger charge is 2.15. The highest BCUT2D eigenvalue weighted by atomic mass is 32.2. The second-order valence-corrected chi connectivity index (χ2v) is 9.86. The van der Waals surface area contributed by atoms with Crippen LogP contribution in [0.5, 0.6) is 11.5 Å². The van der Waals surface area contributed by atoms with Crippen LogP contribution in [0.15, 0.2) is 87.1 Å². The fourth-order valence-corrected chi connectivity index (χ4v) is 5.10. The van der Waals surface area contributed by atoms with Gasteiger partial charge in [-0.3, -0.25) is 0 Å². The summed E-state index contributed by atoms with van der Waals surface area (Å²) < 4.78 is 17.2. The predicted octanol–water partition coefficient (Wildman–Crippen LogP) is 7.50. The van der Waals surface area contributed by atoms with Crippen LogP contribution in [0.25, 0.3) is 33.6 Å². The summed E-state index contributed by atoms with van der Waals surface area (Å²) in [5, 5.41) is 2.43. The van der Waals surface area contributed by atoms with Crippen molar-refractivity contribution in [3.05, 3.63) is 83.0 Å². The van der Waals surface area contributed by atoms with Crippen LogP contribution in [-0.4, -0.2) is 25.5 Å². The van der Waals surface area contributed by atoms with Crippen LogP contribution in [0.1, 0.15) is 4.88 Å². The summed E-state index contributed by atoms with van der Waals surface area (Å²) in [6.45, 7) is 2.05. The van der Waals surface area contributed by atoms with Crippen molar-refractivity contribution in [2.75, 3.05) is 20.5 Å². The molecule has 0 saturated heterocycles. The molecule has 176 valence electrons. The zero-order valence-corrected chi connectivity index (χ0v) is 21.5. The third-order valence-electron chi connectivity index (χ3n) is 5.69. The lowest BCUT2D eigenvalue weighted by Gasteiger charge is -2.09. The molecule has 5 nitrogen and oxygen atoms in total. The molecule has 3 aromatic carbocycles. The molecule has 5 rings (SSSR count). The number of methoxy groups -OCH3 is 2. The van der Waals surface area contributed by atoms with E-state index < -0.39 is 0 Å². The van der Waals surface area contributed by atoms with Crippen LogP contribution in [-0.2, 0) is 0 Å². The zero-order valence-electron chi connectivity index (χ0n) is 19.9. The first kappa shape index (κ1) is 23.2. The molecule has 0 bridgehead atoms. The fraction of sp³-hybridized carbons (Fsp3) is 0.143. The standard InChI is InChI=1S/C28H24N2O3S2/c1-17-27(22-14-11-19(31-2)15-26(22)32-3)30-28(35-17)29-23-16-25(18-9-12-20(34-4)13-10-18)33-24-8-6-5-7-21(23)24/h5-16H,1-4H3. The Balaban J connectivity index is 1.64. The van der Waals surface area contributed by atoms with Crippen molar-refractivity contribution in [1.29, 1.82) is 0 Å². The topological polar surface area (TPSA) is 56.9 Å². The van der Waals surface area contributed by atoms with Crippen LogP contribution < -0.4 is 14.8 Å². The fourth-order valence-electron chi connectivity index (χ4n) is 3.88. The second-order valence-electron chi connectivity index (χ2n) is 7.80. The van der Waals surface area contributed by atoms with Gasteiger partial charge >= 0.3 is 0 Å². The third-order valence-corrected chi connectivity index (χ3v) is 7.30. The van der Waals surface area contributed by atoms with Gasteiger partial charge in [0.25, 0.3) is 0 Å². The quantitative estimate of drug-likeness (QED) is 0.226. The number of para-hydroxylation sites is 1. The molecule has 0 aliphatic heterocycles. The highest BCUT2D eigenvalue weighted by Crippen LogP contribution is 2.38. The molecular formula is C28H24N2O3S2. The van der Waals surface area contributed by atoms with E-state index in [1.165, 1.54) is 4.90 Å². The normalized spacial score (nSPS) is 11.7. The number of rotatable bonds is 6. The Bertz CT molecular complexity index is 1570. The van der Waals surface area contributed by atoms with Gasteiger partial charge < -0.3 is 13.9 Å². The van der Waals surface area contributed by atoms with E-state index in [0.29, 0.717) is 10.9 Å². The van der Waals surface area contributed by atoms with E-state index in [9.17, 15) is 0 Å². The number of nitrogens with zero attached hydrogens (tertiary/aromatic N) is 2. The van der Waals surface area contributed by atoms with Crippen LogP contribution in [0.2, 0.25) is 0 Å². The first-order chi connectivity index (χ1) is 17.1. The largest absolute Gasteiger partial charge is 0.497 e. The minimum absolute atomic E-state index is 0.676. The molecule has 0 unspecified atom stereocenters. The van der Waals surface area contributed by atoms with E-state index in [-0.39, 0.29) is 0 Å². The van der Waals surface area contributed by atoms with Crippen molar-refractivity contribution >= 4 is 39.2 Å². The molecule has 0 radical (unpaired) electrons. The Labute approximate surface area is 212 Å². The van der Waals surface area contributed by atoms with Gasteiger partial charge in [-0.1, -0.05) is 35.6 Å². The van der Waals surface area contributed by atoms with E-state index in [2.05, 4.69) is 30.5 Å². The molecule has 0 amide bonds. The molecule has 2 heterocycles. The van der Waals surface area contributed by atoms with Gasteiger partial charge in [-0.15, -0.1) is 11.8 Å². The molecule has 35 heavy (non-hydrogen) atoms. The zero-order chi connectivity index (χ0) is 24.4. The third kappa shape index (κ3) is 4.70. The summed E-state index contributed by atoms with van der Waals surface area (Å²) in [5.74, 6) is 2.21. The first-order valence-electron chi connectivity index (χ1n) is 11.0. The number of fused-ring (bicyclic) bond motifs is 1. The average molecular weight is 501 g/mol. The van der Waals surface area contributed by atoms with Crippen LogP contribution in [0.3, 0.4) is 0 Å². The molecule has 7 heteroatoms. The molecule has 0 spiro atoms. The van der Waals surface area contributed by atoms with Crippen molar-refractivity contribution < 1.29 is 13.9 Å². The van der Waals surface area contributed by atoms with Gasteiger partial charge in [-0.2, -0.15) is 0 Å². The molecule has 0 saturated carbocycles. The van der Waals surface area contributed by atoms with E-state index in [4.69, 9.17) is 23.9 Å². The summed E-state index contributed by atoms with van der Waals surface area (Å²) in [4.78, 5) is 12.1. The van der Waals surface area contributed by atoms with Crippen molar-refractivity contribution in [2.24, 2.45) is 4.99 Å². The summed E-state index contributed by atoms with van der Waals surface area (Å²) in [6.07, 6.45) is 2.07.